The van der Waals surface area contributed by atoms with Crippen molar-refractivity contribution in [2.75, 3.05) is 0 Å². The van der Waals surface area contributed by atoms with E-state index in [2.05, 4.69) is 73.7 Å². The molecule has 1 fully saturated rings. The van der Waals surface area contributed by atoms with Crippen molar-refractivity contribution in [2.45, 2.75) is 70.8 Å². The van der Waals surface area contributed by atoms with Gasteiger partial charge in [-0.15, -0.1) is 0 Å². The summed E-state index contributed by atoms with van der Waals surface area (Å²) in [5, 5.41) is 11.6. The quantitative estimate of drug-likeness (QED) is 0.435. The van der Waals surface area contributed by atoms with Crippen molar-refractivity contribution in [1.29, 1.82) is 0 Å². The van der Waals surface area contributed by atoms with Crippen LogP contribution in [-0.2, 0) is 25.7 Å². The van der Waals surface area contributed by atoms with E-state index in [1.807, 2.05) is 0 Å². The summed E-state index contributed by atoms with van der Waals surface area (Å²) in [6.07, 6.45) is 10.1. The molecule has 1 atom stereocenters. The van der Waals surface area contributed by atoms with Crippen molar-refractivity contribution < 1.29 is 5.11 Å². The summed E-state index contributed by atoms with van der Waals surface area (Å²) in [6, 6.07) is 24.1. The highest BCUT2D eigenvalue weighted by molar-refractivity contribution is 6.15. The number of hydrogen-bond donors (Lipinski definition) is 1. The van der Waals surface area contributed by atoms with Gasteiger partial charge in [-0.3, -0.25) is 4.99 Å². The summed E-state index contributed by atoms with van der Waals surface area (Å²) in [5.41, 5.74) is 7.91. The second kappa shape index (κ2) is 9.95. The molecular formula is C31H35NO. The molecule has 0 saturated heterocycles. The van der Waals surface area contributed by atoms with Crippen LogP contribution in [0.2, 0.25) is 0 Å². The molecule has 5 aliphatic carbocycles. The predicted octanol–water partition coefficient (Wildman–Crippen LogP) is 7.08. The zero-order valence-electron chi connectivity index (χ0n) is 19.8. The van der Waals surface area contributed by atoms with Crippen molar-refractivity contribution in [2.24, 2.45) is 10.9 Å². The maximum Gasteiger partial charge on any atom is 0.128 e. The molecule has 2 nitrogen and oxygen atoms in total. The molecule has 0 heterocycles. The van der Waals surface area contributed by atoms with E-state index in [9.17, 15) is 5.11 Å². The van der Waals surface area contributed by atoms with Crippen LogP contribution in [0.4, 0.5) is 0 Å². The molecule has 0 amide bonds. The summed E-state index contributed by atoms with van der Waals surface area (Å²) in [7, 11) is 0. The van der Waals surface area contributed by atoms with E-state index in [1.54, 1.807) is 0 Å². The van der Waals surface area contributed by atoms with Crippen molar-refractivity contribution in [3.05, 3.63) is 100 Å². The van der Waals surface area contributed by atoms with Gasteiger partial charge in [0.25, 0.3) is 0 Å². The van der Waals surface area contributed by atoms with Gasteiger partial charge < -0.3 is 5.11 Å². The lowest BCUT2D eigenvalue weighted by molar-refractivity contribution is 0.318. The molecule has 0 spiro atoms. The van der Waals surface area contributed by atoms with Gasteiger partial charge in [-0.05, 0) is 73.6 Å². The molecule has 0 aromatic heterocycles. The normalized spacial score (nSPS) is 18.0. The Bertz CT molecular complexity index is 1110. The van der Waals surface area contributed by atoms with Gasteiger partial charge in [-0.1, -0.05) is 86.0 Å². The summed E-state index contributed by atoms with van der Waals surface area (Å²) in [4.78, 5) is 5.37. The van der Waals surface area contributed by atoms with Crippen LogP contribution in [0.5, 0.6) is 5.75 Å². The summed E-state index contributed by atoms with van der Waals surface area (Å²) < 4.78 is 0. The molecule has 1 N–H and O–H groups in total. The summed E-state index contributed by atoms with van der Waals surface area (Å²) in [6.45, 7) is 2.28. The first-order valence-electron chi connectivity index (χ1n) is 12.7. The zero-order valence-corrected chi connectivity index (χ0v) is 19.8. The Balaban J connectivity index is 1.62. The zero-order chi connectivity index (χ0) is 22.6. The van der Waals surface area contributed by atoms with E-state index in [1.165, 1.54) is 48.8 Å². The summed E-state index contributed by atoms with van der Waals surface area (Å²) in [5.74, 6) is 1.07. The Labute approximate surface area is 198 Å². The third-order valence-corrected chi connectivity index (χ3v) is 7.69. The molecule has 4 bridgehead atoms. The standard InChI is InChI=1S/C31H35NO/c1-22(25-8-4-2-5-9-25)32-30(27-10-6-3-7-11-27)29-26-18-16-23-12-14-24(15-13-23)17-19-28(21-20-26)31(29)33/h3,6-7,10-15,20-22,25,33H,2,4-5,8-9,16-19H2,1H3/t22-/m0/s1. The van der Waals surface area contributed by atoms with Crippen LogP contribution in [0.15, 0.2) is 71.7 Å². The maximum absolute atomic E-state index is 11.6. The van der Waals surface area contributed by atoms with Crippen molar-refractivity contribution in [3.63, 3.8) is 0 Å². The van der Waals surface area contributed by atoms with Gasteiger partial charge in [0, 0.05) is 11.1 Å². The lowest BCUT2D eigenvalue weighted by Crippen LogP contribution is -2.21. The molecule has 0 unspecified atom stereocenters. The Kier molecular flexibility index (Phi) is 6.62. The Morgan fingerprint density at radius 2 is 1.36 bits per heavy atom. The number of benzene rings is 3. The second-order valence-corrected chi connectivity index (χ2v) is 9.91. The molecule has 33 heavy (non-hydrogen) atoms. The minimum absolute atomic E-state index is 0.252. The van der Waals surface area contributed by atoms with Crippen LogP contribution in [0.1, 0.15) is 72.4 Å². The Morgan fingerprint density at radius 3 is 2.03 bits per heavy atom. The van der Waals surface area contributed by atoms with Crippen LogP contribution in [0.3, 0.4) is 0 Å². The second-order valence-electron chi connectivity index (χ2n) is 9.91. The van der Waals surface area contributed by atoms with Gasteiger partial charge in [-0.25, -0.2) is 0 Å². The molecule has 3 aromatic rings. The molecule has 1 saturated carbocycles. The number of aromatic hydroxyl groups is 1. The van der Waals surface area contributed by atoms with E-state index < -0.39 is 0 Å². The average molecular weight is 438 g/mol. The SMILES string of the molecule is C[C@H](N=C(c1ccccc1)c1c2ccc(c1O)CCc1ccc(cc1)CC2)C1CCCCC1. The number of phenolic OH excluding ortho intramolecular Hbond substituents is 1. The molecule has 170 valence electrons. The summed E-state index contributed by atoms with van der Waals surface area (Å²) >= 11 is 0. The Morgan fingerprint density at radius 1 is 0.758 bits per heavy atom. The molecule has 0 radical (unpaired) electrons. The third-order valence-electron chi connectivity index (χ3n) is 7.69. The van der Waals surface area contributed by atoms with Crippen LogP contribution in [-0.4, -0.2) is 16.9 Å². The van der Waals surface area contributed by atoms with Crippen LogP contribution < -0.4 is 0 Å². The topological polar surface area (TPSA) is 32.6 Å². The number of aliphatic imine (C=N–C) groups is 1. The first kappa shape index (κ1) is 21.9. The number of phenols is 1. The van der Waals surface area contributed by atoms with Crippen molar-refractivity contribution in [1.82, 2.24) is 0 Å². The fourth-order valence-corrected chi connectivity index (χ4v) is 5.59. The minimum atomic E-state index is 0.252. The molecule has 5 aliphatic rings. The average Bonchev–Trinajstić information content (AvgIpc) is 2.86. The first-order valence-corrected chi connectivity index (χ1v) is 12.7. The van der Waals surface area contributed by atoms with Gasteiger partial charge >= 0.3 is 0 Å². The van der Waals surface area contributed by atoms with Gasteiger partial charge in [-0.2, -0.15) is 0 Å². The third kappa shape index (κ3) is 4.90. The van der Waals surface area contributed by atoms with E-state index >= 15 is 0 Å². The van der Waals surface area contributed by atoms with E-state index in [-0.39, 0.29) is 6.04 Å². The van der Waals surface area contributed by atoms with Gasteiger partial charge in [0.1, 0.15) is 5.75 Å². The fourth-order valence-electron chi connectivity index (χ4n) is 5.59. The van der Waals surface area contributed by atoms with Gasteiger partial charge in [0.05, 0.1) is 11.8 Å². The van der Waals surface area contributed by atoms with E-state index in [0.717, 1.165) is 48.1 Å². The Hall–Kier alpha value is -2.87. The molecular weight excluding hydrogens is 402 g/mol. The highest BCUT2D eigenvalue weighted by Crippen LogP contribution is 2.34. The van der Waals surface area contributed by atoms with Crippen LogP contribution >= 0.6 is 0 Å². The van der Waals surface area contributed by atoms with Crippen molar-refractivity contribution in [3.8, 4) is 5.75 Å². The lowest BCUT2D eigenvalue weighted by atomic mass is 9.84. The van der Waals surface area contributed by atoms with Gasteiger partial charge in [0.15, 0.2) is 0 Å². The predicted molar refractivity (Wildman–Crippen MR) is 137 cm³/mol. The smallest absolute Gasteiger partial charge is 0.128 e. The monoisotopic (exact) mass is 437 g/mol. The van der Waals surface area contributed by atoms with Crippen LogP contribution in [0, 0.1) is 5.92 Å². The van der Waals surface area contributed by atoms with E-state index in [4.69, 9.17) is 4.99 Å². The van der Waals surface area contributed by atoms with Crippen LogP contribution in [0.25, 0.3) is 0 Å². The largest absolute Gasteiger partial charge is 0.507 e. The number of aryl methyl sites for hydroxylation is 4. The number of hydrogen-bond acceptors (Lipinski definition) is 2. The van der Waals surface area contributed by atoms with Gasteiger partial charge in [0.2, 0.25) is 0 Å². The number of nitrogens with zero attached hydrogens (tertiary/aromatic N) is 1. The highest BCUT2D eigenvalue weighted by atomic mass is 16.3. The minimum Gasteiger partial charge on any atom is -0.507 e. The molecule has 0 aliphatic heterocycles. The van der Waals surface area contributed by atoms with Crippen molar-refractivity contribution >= 4 is 5.71 Å². The molecule has 3 aromatic carbocycles. The van der Waals surface area contributed by atoms with E-state index in [0.29, 0.717) is 11.7 Å². The fraction of sp³-hybridized carbons (Fsp3) is 0.387. The maximum atomic E-state index is 11.6. The highest BCUT2D eigenvalue weighted by Gasteiger charge is 2.24. The molecule has 8 rings (SSSR count). The first-order chi connectivity index (χ1) is 16.2. The molecule has 2 heteroatoms. The lowest BCUT2D eigenvalue weighted by Gasteiger charge is -2.26. The number of rotatable bonds is 4.